The van der Waals surface area contributed by atoms with Gasteiger partial charge in [0.05, 0.1) is 4.90 Å². The molecule has 10 heteroatoms. The van der Waals surface area contributed by atoms with Gasteiger partial charge < -0.3 is 10.3 Å². The Morgan fingerprint density at radius 1 is 1.07 bits per heavy atom. The summed E-state index contributed by atoms with van der Waals surface area (Å²) in [6.45, 7) is 0.271. The zero-order valence-electron chi connectivity index (χ0n) is 14.6. The normalized spacial score (nSPS) is 12.3. The van der Waals surface area contributed by atoms with Gasteiger partial charge in [0.1, 0.15) is 12.2 Å². The standard InChI is InChI=1S/C18H16F3N3O3S/c1-11-2-3-12-9-16(24-15(12)8-11)17(25)23-13-4-6-14(7-5-13)28(26,27)22-10-18(19,20)21/h2-9,22,24H,10H2,1H3,(H,23,25). The molecule has 0 saturated carbocycles. The van der Waals surface area contributed by atoms with Gasteiger partial charge in [0.25, 0.3) is 5.91 Å². The summed E-state index contributed by atoms with van der Waals surface area (Å²) < 4.78 is 61.8. The number of sulfonamides is 1. The first-order chi connectivity index (χ1) is 13.0. The van der Waals surface area contributed by atoms with Crippen LogP contribution in [0.1, 0.15) is 16.1 Å². The average molecular weight is 411 g/mol. The summed E-state index contributed by atoms with van der Waals surface area (Å²) in [5, 5.41) is 3.47. The fraction of sp³-hybridized carbons (Fsp3) is 0.167. The quantitative estimate of drug-likeness (QED) is 0.600. The molecule has 0 bridgehead atoms. The van der Waals surface area contributed by atoms with Gasteiger partial charge in [-0.15, -0.1) is 0 Å². The van der Waals surface area contributed by atoms with Gasteiger partial charge in [-0.2, -0.15) is 13.2 Å². The molecule has 2 aromatic carbocycles. The first-order valence-corrected chi connectivity index (χ1v) is 9.59. The van der Waals surface area contributed by atoms with Crippen LogP contribution in [0.3, 0.4) is 0 Å². The van der Waals surface area contributed by atoms with Gasteiger partial charge in [-0.25, -0.2) is 13.1 Å². The molecular weight excluding hydrogens is 395 g/mol. The molecule has 0 fully saturated rings. The molecule has 0 aliphatic carbocycles. The van der Waals surface area contributed by atoms with Gasteiger partial charge in [0.2, 0.25) is 10.0 Å². The van der Waals surface area contributed by atoms with Crippen LogP contribution < -0.4 is 10.0 Å². The van der Waals surface area contributed by atoms with Gasteiger partial charge in [0.15, 0.2) is 0 Å². The number of anilines is 1. The predicted octanol–water partition coefficient (Wildman–Crippen LogP) is 3.57. The molecule has 0 aliphatic rings. The maximum Gasteiger partial charge on any atom is 0.402 e. The molecule has 0 atom stereocenters. The Morgan fingerprint density at radius 2 is 1.75 bits per heavy atom. The van der Waals surface area contributed by atoms with Crippen LogP contribution in [0.5, 0.6) is 0 Å². The van der Waals surface area contributed by atoms with E-state index in [0.717, 1.165) is 28.6 Å². The predicted molar refractivity (Wildman–Crippen MR) is 98.7 cm³/mol. The van der Waals surface area contributed by atoms with E-state index in [1.807, 2.05) is 25.1 Å². The minimum Gasteiger partial charge on any atom is -0.351 e. The molecule has 0 spiro atoms. The van der Waals surface area contributed by atoms with Gasteiger partial charge in [-0.05, 0) is 48.9 Å². The summed E-state index contributed by atoms with van der Waals surface area (Å²) in [5.74, 6) is -0.431. The highest BCUT2D eigenvalue weighted by Gasteiger charge is 2.30. The lowest BCUT2D eigenvalue weighted by molar-refractivity contribution is -0.121. The van der Waals surface area contributed by atoms with Crippen LogP contribution in [0.25, 0.3) is 10.9 Å². The van der Waals surface area contributed by atoms with Crippen LogP contribution in [0.2, 0.25) is 0 Å². The van der Waals surface area contributed by atoms with Crippen molar-refractivity contribution in [1.82, 2.24) is 9.71 Å². The Bertz CT molecular complexity index is 1120. The maximum atomic E-state index is 12.4. The fourth-order valence-corrected chi connectivity index (χ4v) is 3.55. The minimum absolute atomic E-state index is 0.301. The van der Waals surface area contributed by atoms with Crippen LogP contribution in [0.4, 0.5) is 18.9 Å². The fourth-order valence-electron chi connectivity index (χ4n) is 2.54. The largest absolute Gasteiger partial charge is 0.402 e. The summed E-state index contributed by atoms with van der Waals surface area (Å²) in [7, 11) is -4.30. The Labute approximate surface area is 158 Å². The first-order valence-electron chi connectivity index (χ1n) is 8.11. The Morgan fingerprint density at radius 3 is 2.39 bits per heavy atom. The Hall–Kier alpha value is -2.85. The number of hydrogen-bond donors (Lipinski definition) is 3. The number of halogens is 3. The number of aromatic amines is 1. The lowest BCUT2D eigenvalue weighted by atomic mass is 10.2. The van der Waals surface area contributed by atoms with Crippen molar-refractivity contribution < 1.29 is 26.4 Å². The smallest absolute Gasteiger partial charge is 0.351 e. The van der Waals surface area contributed by atoms with Crippen LogP contribution >= 0.6 is 0 Å². The van der Waals surface area contributed by atoms with Crippen molar-refractivity contribution in [2.24, 2.45) is 0 Å². The van der Waals surface area contributed by atoms with Crippen LogP contribution in [-0.4, -0.2) is 32.0 Å². The van der Waals surface area contributed by atoms with Gasteiger partial charge >= 0.3 is 6.18 Å². The number of rotatable bonds is 5. The molecule has 3 N–H and O–H groups in total. The minimum atomic E-state index is -4.65. The second kappa shape index (κ2) is 7.28. The number of carbonyl (C=O) groups excluding carboxylic acids is 1. The molecule has 0 radical (unpaired) electrons. The van der Waals surface area contributed by atoms with Crippen LogP contribution in [0.15, 0.2) is 53.4 Å². The van der Waals surface area contributed by atoms with E-state index in [-0.39, 0.29) is 4.90 Å². The highest BCUT2D eigenvalue weighted by atomic mass is 32.2. The summed E-state index contributed by atoms with van der Waals surface area (Å²) >= 11 is 0. The van der Waals surface area contributed by atoms with Crippen molar-refractivity contribution in [3.05, 3.63) is 59.8 Å². The number of aryl methyl sites for hydroxylation is 1. The number of aromatic nitrogens is 1. The molecule has 0 aliphatic heterocycles. The molecule has 28 heavy (non-hydrogen) atoms. The zero-order chi connectivity index (χ0) is 20.5. The monoisotopic (exact) mass is 411 g/mol. The third-order valence-corrected chi connectivity index (χ3v) is 5.32. The highest BCUT2D eigenvalue weighted by Crippen LogP contribution is 2.20. The second-order valence-electron chi connectivity index (χ2n) is 6.19. The molecule has 1 heterocycles. The molecule has 3 rings (SSSR count). The van der Waals surface area contributed by atoms with Crippen molar-refractivity contribution in [3.8, 4) is 0 Å². The average Bonchev–Trinajstić information content (AvgIpc) is 3.03. The zero-order valence-corrected chi connectivity index (χ0v) is 15.4. The second-order valence-corrected chi connectivity index (χ2v) is 7.96. The Balaban J connectivity index is 1.71. The van der Waals surface area contributed by atoms with E-state index >= 15 is 0 Å². The number of nitrogens with one attached hydrogen (secondary N) is 3. The van der Waals surface area contributed by atoms with Crippen molar-refractivity contribution in [2.45, 2.75) is 18.0 Å². The van der Waals surface area contributed by atoms with E-state index < -0.39 is 28.7 Å². The van der Waals surface area contributed by atoms with E-state index in [4.69, 9.17) is 0 Å². The van der Waals surface area contributed by atoms with Crippen molar-refractivity contribution in [2.75, 3.05) is 11.9 Å². The number of alkyl halides is 3. The number of benzene rings is 2. The van der Waals surface area contributed by atoms with Gasteiger partial charge in [-0.1, -0.05) is 12.1 Å². The van der Waals surface area contributed by atoms with E-state index in [1.165, 1.54) is 16.9 Å². The van der Waals surface area contributed by atoms with Crippen molar-refractivity contribution >= 4 is 32.5 Å². The van der Waals surface area contributed by atoms with E-state index in [1.54, 1.807) is 6.07 Å². The summed E-state index contributed by atoms with van der Waals surface area (Å²) in [4.78, 5) is 15.0. The number of H-pyrrole nitrogens is 1. The molecule has 148 valence electrons. The first kappa shape index (κ1) is 19.9. The third-order valence-electron chi connectivity index (χ3n) is 3.91. The molecule has 6 nitrogen and oxygen atoms in total. The molecule has 0 saturated heterocycles. The lowest BCUT2D eigenvalue weighted by Gasteiger charge is -2.10. The molecule has 1 aromatic heterocycles. The van der Waals surface area contributed by atoms with Gasteiger partial charge in [0, 0.05) is 16.6 Å². The Kier molecular flexibility index (Phi) is 5.18. The number of amides is 1. The number of carbonyl (C=O) groups is 1. The number of fused-ring (bicyclic) bond motifs is 1. The molecule has 1 amide bonds. The van der Waals surface area contributed by atoms with Crippen LogP contribution in [0, 0.1) is 6.92 Å². The van der Waals surface area contributed by atoms with Crippen LogP contribution in [-0.2, 0) is 10.0 Å². The lowest BCUT2D eigenvalue weighted by Crippen LogP contribution is -2.33. The van der Waals surface area contributed by atoms with Gasteiger partial charge in [-0.3, -0.25) is 4.79 Å². The summed E-state index contributed by atoms with van der Waals surface area (Å²) in [6, 6.07) is 12.2. The van der Waals surface area contributed by atoms with E-state index in [2.05, 4.69) is 10.3 Å². The topological polar surface area (TPSA) is 91.1 Å². The number of hydrogen-bond acceptors (Lipinski definition) is 3. The molecule has 0 unspecified atom stereocenters. The van der Waals surface area contributed by atoms with E-state index in [9.17, 15) is 26.4 Å². The SMILES string of the molecule is Cc1ccc2cc(C(=O)Nc3ccc(S(=O)(=O)NCC(F)(F)F)cc3)[nH]c2c1. The third kappa shape index (κ3) is 4.70. The molecular formula is C18H16F3N3O3S. The summed E-state index contributed by atoms with van der Waals surface area (Å²) in [6.07, 6.45) is -4.65. The highest BCUT2D eigenvalue weighted by molar-refractivity contribution is 7.89. The van der Waals surface area contributed by atoms with Crippen molar-refractivity contribution in [1.29, 1.82) is 0 Å². The van der Waals surface area contributed by atoms with Crippen molar-refractivity contribution in [3.63, 3.8) is 0 Å². The maximum absolute atomic E-state index is 12.4. The molecule has 3 aromatic rings. The summed E-state index contributed by atoms with van der Waals surface area (Å²) in [5.41, 5.74) is 2.47. The van der Waals surface area contributed by atoms with E-state index in [0.29, 0.717) is 11.4 Å².